The molecule has 6 heteroatoms. The summed E-state index contributed by atoms with van der Waals surface area (Å²) in [5.41, 5.74) is 0. The third kappa shape index (κ3) is 7.08. The molecule has 0 aromatic heterocycles. The molecule has 14 heavy (non-hydrogen) atoms. The smallest absolute Gasteiger partial charge is 0.305 e. The fraction of sp³-hybridized carbons (Fsp3) is 0.625. The van der Waals surface area contributed by atoms with Crippen LogP contribution >= 0.6 is 0 Å². The van der Waals surface area contributed by atoms with Crippen molar-refractivity contribution in [2.24, 2.45) is 0 Å². The summed E-state index contributed by atoms with van der Waals surface area (Å²) in [6, 6.07) is 0. The number of ether oxygens (including phenoxy) is 3. The lowest BCUT2D eigenvalue weighted by Crippen LogP contribution is -2.28. The van der Waals surface area contributed by atoms with Crippen molar-refractivity contribution in [1.29, 1.82) is 0 Å². The second-order valence-electron chi connectivity index (χ2n) is 2.45. The third-order valence-corrected chi connectivity index (χ3v) is 1.02. The van der Waals surface area contributed by atoms with Gasteiger partial charge in [-0.05, 0) is 0 Å². The van der Waals surface area contributed by atoms with Crippen molar-refractivity contribution in [3.63, 3.8) is 0 Å². The maximum absolute atomic E-state index is 10.5. The molecule has 80 valence electrons. The Hall–Kier alpha value is -1.59. The lowest BCUT2D eigenvalue weighted by Gasteiger charge is -2.15. The summed E-state index contributed by atoms with van der Waals surface area (Å²) < 4.78 is 13.6. The van der Waals surface area contributed by atoms with Crippen molar-refractivity contribution in [3.05, 3.63) is 0 Å². The van der Waals surface area contributed by atoms with E-state index in [2.05, 4.69) is 14.2 Å². The molecule has 0 N–H and O–H groups in total. The minimum absolute atomic E-state index is 0.297. The van der Waals surface area contributed by atoms with Gasteiger partial charge in [-0.2, -0.15) is 0 Å². The highest BCUT2D eigenvalue weighted by Crippen LogP contribution is 1.98. The van der Waals surface area contributed by atoms with Gasteiger partial charge < -0.3 is 14.2 Å². The van der Waals surface area contributed by atoms with Crippen LogP contribution in [0.5, 0.6) is 0 Å². The van der Waals surface area contributed by atoms with Gasteiger partial charge >= 0.3 is 17.9 Å². The summed E-state index contributed by atoms with van der Waals surface area (Å²) in [6.45, 7) is 3.21. The zero-order valence-corrected chi connectivity index (χ0v) is 8.23. The lowest BCUT2D eigenvalue weighted by molar-refractivity contribution is -0.196. The standard InChI is InChI=1S/C8H12O6/c1-5(9)12-4-8(13-6(2)10)14-7(3)11/h8H,4H2,1-3H3. The van der Waals surface area contributed by atoms with Crippen LogP contribution in [0, 0.1) is 0 Å². The zero-order valence-electron chi connectivity index (χ0n) is 8.23. The Bertz CT molecular complexity index is 218. The van der Waals surface area contributed by atoms with Gasteiger partial charge in [-0.3, -0.25) is 14.4 Å². The van der Waals surface area contributed by atoms with Crippen LogP contribution in [0.1, 0.15) is 20.8 Å². The van der Waals surface area contributed by atoms with E-state index >= 15 is 0 Å². The summed E-state index contributed by atoms with van der Waals surface area (Å²) in [7, 11) is 0. The molecule has 0 atom stereocenters. The number of carbonyl (C=O) groups is 3. The zero-order chi connectivity index (χ0) is 11.1. The highest BCUT2D eigenvalue weighted by Gasteiger charge is 2.16. The fourth-order valence-corrected chi connectivity index (χ4v) is 0.648. The molecule has 0 heterocycles. The molecule has 0 aliphatic rings. The Labute approximate surface area is 81.1 Å². The van der Waals surface area contributed by atoms with Crippen LogP contribution in [0.25, 0.3) is 0 Å². The molecule has 0 aromatic rings. The van der Waals surface area contributed by atoms with E-state index in [9.17, 15) is 14.4 Å². The molecule has 0 unspecified atom stereocenters. The Morgan fingerprint density at radius 2 is 1.36 bits per heavy atom. The molecule has 0 amide bonds. The van der Waals surface area contributed by atoms with Gasteiger partial charge in [-0.25, -0.2) is 0 Å². The second-order valence-corrected chi connectivity index (χ2v) is 2.45. The molecule has 0 aliphatic heterocycles. The molecule has 0 bridgehead atoms. The number of carbonyl (C=O) groups excluding carboxylic acids is 3. The summed E-state index contributed by atoms with van der Waals surface area (Å²) >= 11 is 0. The second kappa shape index (κ2) is 5.95. The number of hydrogen-bond acceptors (Lipinski definition) is 6. The predicted molar refractivity (Wildman–Crippen MR) is 44.0 cm³/mol. The van der Waals surface area contributed by atoms with Crippen LogP contribution in [0.4, 0.5) is 0 Å². The van der Waals surface area contributed by atoms with E-state index in [4.69, 9.17) is 0 Å². The fourth-order valence-electron chi connectivity index (χ4n) is 0.648. The molecular formula is C8H12O6. The maximum Gasteiger partial charge on any atom is 0.305 e. The molecule has 0 saturated heterocycles. The highest BCUT2D eigenvalue weighted by atomic mass is 16.7. The third-order valence-electron chi connectivity index (χ3n) is 1.02. The number of hydrogen-bond donors (Lipinski definition) is 0. The van der Waals surface area contributed by atoms with Gasteiger partial charge in [-0.15, -0.1) is 0 Å². The van der Waals surface area contributed by atoms with Crippen molar-refractivity contribution in [3.8, 4) is 0 Å². The van der Waals surface area contributed by atoms with Crippen LogP contribution in [0.15, 0.2) is 0 Å². The molecule has 0 aliphatic carbocycles. The van der Waals surface area contributed by atoms with E-state index in [1.807, 2.05) is 0 Å². The Kier molecular flexibility index (Phi) is 5.28. The van der Waals surface area contributed by atoms with Crippen LogP contribution in [-0.2, 0) is 28.6 Å². The Morgan fingerprint density at radius 3 is 1.64 bits per heavy atom. The first-order chi connectivity index (χ1) is 6.41. The van der Waals surface area contributed by atoms with Gasteiger partial charge in [0, 0.05) is 20.8 Å². The van der Waals surface area contributed by atoms with Gasteiger partial charge in [0.1, 0.15) is 0 Å². The van der Waals surface area contributed by atoms with Crippen molar-refractivity contribution >= 4 is 17.9 Å². The predicted octanol–water partition coefficient (Wildman–Crippen LogP) is 0.00180. The molecule has 0 radical (unpaired) electrons. The van der Waals surface area contributed by atoms with Crippen molar-refractivity contribution in [2.45, 2.75) is 27.1 Å². The van der Waals surface area contributed by atoms with Crippen molar-refractivity contribution < 1.29 is 28.6 Å². The van der Waals surface area contributed by atoms with Crippen LogP contribution in [0.2, 0.25) is 0 Å². The van der Waals surface area contributed by atoms with E-state index in [1.54, 1.807) is 0 Å². The monoisotopic (exact) mass is 204 g/mol. The van der Waals surface area contributed by atoms with E-state index in [-0.39, 0.29) is 6.61 Å². The summed E-state index contributed by atoms with van der Waals surface area (Å²) in [6.07, 6.45) is -1.17. The topological polar surface area (TPSA) is 78.9 Å². The molecular weight excluding hydrogens is 192 g/mol. The minimum Gasteiger partial charge on any atom is -0.458 e. The molecule has 0 rings (SSSR count). The summed E-state index contributed by atoms with van der Waals surface area (Å²) in [5, 5.41) is 0. The van der Waals surface area contributed by atoms with Gasteiger partial charge in [0.2, 0.25) is 0 Å². The van der Waals surface area contributed by atoms with Crippen LogP contribution in [0.3, 0.4) is 0 Å². The summed E-state index contributed by atoms with van der Waals surface area (Å²) in [5.74, 6) is -1.79. The number of rotatable bonds is 4. The van der Waals surface area contributed by atoms with Crippen LogP contribution < -0.4 is 0 Å². The first-order valence-electron chi connectivity index (χ1n) is 3.89. The molecule has 0 saturated carbocycles. The minimum atomic E-state index is -1.17. The molecule has 6 nitrogen and oxygen atoms in total. The number of esters is 3. The van der Waals surface area contributed by atoms with E-state index < -0.39 is 24.2 Å². The molecule has 0 fully saturated rings. The molecule has 0 aromatic carbocycles. The highest BCUT2D eigenvalue weighted by molar-refractivity contribution is 5.68. The SMILES string of the molecule is CC(=O)OCC(OC(C)=O)OC(C)=O. The van der Waals surface area contributed by atoms with Gasteiger partial charge in [0.25, 0.3) is 6.29 Å². The van der Waals surface area contributed by atoms with Gasteiger partial charge in [-0.1, -0.05) is 0 Å². The normalized spacial score (nSPS) is 9.43. The quantitative estimate of drug-likeness (QED) is 0.473. The van der Waals surface area contributed by atoms with Gasteiger partial charge in [0.15, 0.2) is 6.61 Å². The molecule has 0 spiro atoms. The first kappa shape index (κ1) is 12.4. The lowest BCUT2D eigenvalue weighted by atomic mass is 10.6. The van der Waals surface area contributed by atoms with E-state index in [1.165, 1.54) is 6.92 Å². The Morgan fingerprint density at radius 1 is 0.929 bits per heavy atom. The average Bonchev–Trinajstić information content (AvgIpc) is 1.97. The summed E-state index contributed by atoms with van der Waals surface area (Å²) in [4.78, 5) is 31.5. The van der Waals surface area contributed by atoms with E-state index in [0.29, 0.717) is 0 Å². The average molecular weight is 204 g/mol. The first-order valence-corrected chi connectivity index (χ1v) is 3.89. The van der Waals surface area contributed by atoms with Crippen LogP contribution in [-0.4, -0.2) is 30.8 Å². The maximum atomic E-state index is 10.5. The van der Waals surface area contributed by atoms with Crippen molar-refractivity contribution in [1.82, 2.24) is 0 Å². The Balaban J connectivity index is 4.03. The van der Waals surface area contributed by atoms with Gasteiger partial charge in [0.05, 0.1) is 0 Å². The van der Waals surface area contributed by atoms with Crippen molar-refractivity contribution in [2.75, 3.05) is 6.61 Å². The van der Waals surface area contributed by atoms with E-state index in [0.717, 1.165) is 13.8 Å². The largest absolute Gasteiger partial charge is 0.458 e.